The van der Waals surface area contributed by atoms with Crippen LogP contribution in [0.25, 0.3) is 0 Å². The van der Waals surface area contributed by atoms with Crippen LogP contribution in [0.3, 0.4) is 0 Å². The van der Waals surface area contributed by atoms with Gasteiger partial charge >= 0.3 is 12.0 Å². The summed E-state index contributed by atoms with van der Waals surface area (Å²) in [6, 6.07) is -0.834. The molecule has 0 saturated heterocycles. The first-order valence-electron chi connectivity index (χ1n) is 6.36. The number of aromatic nitrogens is 3. The second kappa shape index (κ2) is 6.88. The fourth-order valence-corrected chi connectivity index (χ4v) is 1.84. The van der Waals surface area contributed by atoms with Crippen LogP contribution in [0, 0.1) is 5.41 Å². The predicted octanol–water partition coefficient (Wildman–Crippen LogP) is 0.883. The molecule has 1 heterocycles. The zero-order valence-electron chi connectivity index (χ0n) is 11.9. The number of carbonyl (C=O) groups excluding carboxylic acids is 1. The van der Waals surface area contributed by atoms with Gasteiger partial charge in [0.15, 0.2) is 0 Å². The Labute approximate surface area is 117 Å². The van der Waals surface area contributed by atoms with Crippen molar-refractivity contribution in [3.05, 3.63) is 12.2 Å². The average Bonchev–Trinajstić information content (AvgIpc) is 2.75. The maximum Gasteiger partial charge on any atom is 0.315 e. The Bertz CT molecular complexity index is 438. The molecular formula is C12H21N5O3. The predicted molar refractivity (Wildman–Crippen MR) is 71.9 cm³/mol. The normalized spacial score (nSPS) is 12.8. The molecule has 0 radical (unpaired) electrons. The van der Waals surface area contributed by atoms with Crippen LogP contribution in [-0.2, 0) is 11.3 Å². The van der Waals surface area contributed by atoms with Gasteiger partial charge in [0.1, 0.15) is 12.2 Å². The molecule has 8 nitrogen and oxygen atoms in total. The minimum Gasteiger partial charge on any atom is -0.481 e. The van der Waals surface area contributed by atoms with Crippen LogP contribution in [-0.4, -0.2) is 38.3 Å². The number of nitrogens with one attached hydrogen (secondary N) is 3. The summed E-state index contributed by atoms with van der Waals surface area (Å²) in [7, 11) is 0. The van der Waals surface area contributed by atoms with Crippen LogP contribution in [0.15, 0.2) is 6.33 Å². The fourth-order valence-electron chi connectivity index (χ4n) is 1.84. The van der Waals surface area contributed by atoms with Gasteiger partial charge in [-0.3, -0.25) is 9.89 Å². The molecule has 0 bridgehead atoms. The largest absolute Gasteiger partial charge is 0.481 e. The maximum absolute atomic E-state index is 11.7. The van der Waals surface area contributed by atoms with E-state index in [1.54, 1.807) is 0 Å². The van der Waals surface area contributed by atoms with Crippen LogP contribution in [0.2, 0.25) is 0 Å². The number of hydrogen-bond donors (Lipinski definition) is 4. The first-order valence-corrected chi connectivity index (χ1v) is 6.36. The topological polar surface area (TPSA) is 120 Å². The van der Waals surface area contributed by atoms with E-state index in [2.05, 4.69) is 25.8 Å². The Morgan fingerprint density at radius 2 is 2.15 bits per heavy atom. The Morgan fingerprint density at radius 1 is 1.45 bits per heavy atom. The number of amides is 2. The molecule has 1 atom stereocenters. The molecule has 0 aliphatic carbocycles. The molecule has 20 heavy (non-hydrogen) atoms. The lowest BCUT2D eigenvalue weighted by Gasteiger charge is -2.25. The van der Waals surface area contributed by atoms with Crippen molar-refractivity contribution in [2.45, 2.75) is 46.2 Å². The summed E-state index contributed by atoms with van der Waals surface area (Å²) >= 11 is 0. The van der Waals surface area contributed by atoms with Crippen molar-refractivity contribution in [2.75, 3.05) is 0 Å². The van der Waals surface area contributed by atoms with E-state index in [0.29, 0.717) is 12.2 Å². The summed E-state index contributed by atoms with van der Waals surface area (Å²) in [4.78, 5) is 26.4. The number of carboxylic acid groups (broad SMARTS) is 1. The summed E-state index contributed by atoms with van der Waals surface area (Å²) < 4.78 is 0. The molecule has 1 aromatic rings. The third-order valence-electron chi connectivity index (χ3n) is 2.50. The number of hydrogen-bond acceptors (Lipinski definition) is 4. The lowest BCUT2D eigenvalue weighted by Crippen LogP contribution is -2.44. The lowest BCUT2D eigenvalue weighted by atomic mass is 9.87. The summed E-state index contributed by atoms with van der Waals surface area (Å²) in [6.45, 7) is 6.20. The monoisotopic (exact) mass is 283 g/mol. The number of H-pyrrole nitrogens is 1. The van der Waals surface area contributed by atoms with E-state index in [1.165, 1.54) is 6.33 Å². The summed E-state index contributed by atoms with van der Waals surface area (Å²) in [6.07, 6.45) is 1.82. The van der Waals surface area contributed by atoms with E-state index in [0.717, 1.165) is 0 Å². The van der Waals surface area contributed by atoms with Crippen molar-refractivity contribution in [3.63, 3.8) is 0 Å². The van der Waals surface area contributed by atoms with Crippen molar-refractivity contribution in [1.29, 1.82) is 0 Å². The molecule has 112 valence electrons. The molecule has 2 amide bonds. The van der Waals surface area contributed by atoms with Crippen LogP contribution in [0.5, 0.6) is 0 Å². The summed E-state index contributed by atoms with van der Waals surface area (Å²) in [5, 5.41) is 20.4. The van der Waals surface area contributed by atoms with E-state index in [9.17, 15) is 9.59 Å². The van der Waals surface area contributed by atoms with E-state index in [1.807, 2.05) is 20.8 Å². The van der Waals surface area contributed by atoms with E-state index < -0.39 is 18.0 Å². The van der Waals surface area contributed by atoms with Gasteiger partial charge in [0.25, 0.3) is 0 Å². The highest BCUT2D eigenvalue weighted by molar-refractivity contribution is 5.75. The molecule has 0 fully saturated rings. The molecule has 0 saturated carbocycles. The van der Waals surface area contributed by atoms with Gasteiger partial charge < -0.3 is 15.7 Å². The molecule has 4 N–H and O–H groups in total. The SMILES string of the molecule is CC(C)(C)CC(CC(=O)O)NC(=O)NCc1ncn[nH]1. The number of urea groups is 1. The number of carbonyl (C=O) groups is 2. The second-order valence-electron chi connectivity index (χ2n) is 5.82. The van der Waals surface area contributed by atoms with Gasteiger partial charge in [0.2, 0.25) is 0 Å². The Hall–Kier alpha value is -2.12. The number of carboxylic acids is 1. The van der Waals surface area contributed by atoms with Crippen LogP contribution < -0.4 is 10.6 Å². The van der Waals surface area contributed by atoms with Crippen molar-refractivity contribution in [1.82, 2.24) is 25.8 Å². The van der Waals surface area contributed by atoms with Gasteiger partial charge in [-0.05, 0) is 11.8 Å². The molecule has 1 unspecified atom stereocenters. The highest BCUT2D eigenvalue weighted by atomic mass is 16.4. The smallest absolute Gasteiger partial charge is 0.315 e. The highest BCUT2D eigenvalue weighted by Gasteiger charge is 2.22. The van der Waals surface area contributed by atoms with Gasteiger partial charge in [-0.15, -0.1) is 0 Å². The van der Waals surface area contributed by atoms with Crippen molar-refractivity contribution < 1.29 is 14.7 Å². The second-order valence-corrected chi connectivity index (χ2v) is 5.82. The third-order valence-corrected chi connectivity index (χ3v) is 2.50. The summed E-state index contributed by atoms with van der Waals surface area (Å²) in [5.41, 5.74) is -0.0711. The van der Waals surface area contributed by atoms with E-state index in [4.69, 9.17) is 5.11 Å². The minimum atomic E-state index is -0.935. The maximum atomic E-state index is 11.7. The Balaban J connectivity index is 2.46. The molecule has 8 heteroatoms. The summed E-state index contributed by atoms with van der Waals surface area (Å²) in [5.74, 6) is -0.402. The first-order chi connectivity index (χ1) is 9.26. The molecule has 1 rings (SSSR count). The molecule has 0 aliphatic rings. The Kier molecular flexibility index (Phi) is 5.48. The zero-order chi connectivity index (χ0) is 15.2. The van der Waals surface area contributed by atoms with Gasteiger partial charge in [-0.2, -0.15) is 5.10 Å². The number of nitrogens with zero attached hydrogens (tertiary/aromatic N) is 2. The van der Waals surface area contributed by atoms with E-state index >= 15 is 0 Å². The van der Waals surface area contributed by atoms with Crippen LogP contribution in [0.4, 0.5) is 4.79 Å². The minimum absolute atomic E-state index is 0.0711. The lowest BCUT2D eigenvalue weighted by molar-refractivity contribution is -0.137. The van der Waals surface area contributed by atoms with Crippen LogP contribution in [0.1, 0.15) is 39.4 Å². The highest BCUT2D eigenvalue weighted by Crippen LogP contribution is 2.22. The number of rotatable bonds is 6. The molecular weight excluding hydrogens is 262 g/mol. The fraction of sp³-hybridized carbons (Fsp3) is 0.667. The molecule has 0 aliphatic heterocycles. The average molecular weight is 283 g/mol. The standard InChI is InChI=1S/C12H21N5O3/c1-12(2,3)5-8(4-10(18)19)16-11(20)13-6-9-14-7-15-17-9/h7-8H,4-6H2,1-3H3,(H,18,19)(H2,13,16,20)(H,14,15,17). The van der Waals surface area contributed by atoms with Crippen molar-refractivity contribution in [3.8, 4) is 0 Å². The van der Waals surface area contributed by atoms with Gasteiger partial charge in [-0.25, -0.2) is 9.78 Å². The quantitative estimate of drug-likeness (QED) is 0.618. The third kappa shape index (κ3) is 6.72. The van der Waals surface area contributed by atoms with Gasteiger partial charge in [0.05, 0.1) is 13.0 Å². The van der Waals surface area contributed by atoms with E-state index in [-0.39, 0.29) is 18.4 Å². The first kappa shape index (κ1) is 15.9. The Morgan fingerprint density at radius 3 is 2.65 bits per heavy atom. The van der Waals surface area contributed by atoms with Gasteiger partial charge in [-0.1, -0.05) is 20.8 Å². The molecule has 0 aromatic carbocycles. The zero-order valence-corrected chi connectivity index (χ0v) is 11.9. The van der Waals surface area contributed by atoms with Crippen molar-refractivity contribution in [2.24, 2.45) is 5.41 Å². The van der Waals surface area contributed by atoms with Gasteiger partial charge in [0, 0.05) is 6.04 Å². The number of aliphatic carboxylic acids is 1. The van der Waals surface area contributed by atoms with Crippen molar-refractivity contribution >= 4 is 12.0 Å². The molecule has 0 spiro atoms. The number of aromatic amines is 1. The van der Waals surface area contributed by atoms with Crippen LogP contribution >= 0.6 is 0 Å². The molecule has 1 aromatic heterocycles.